The number of benzene rings is 3. The number of ether oxygens (including phenoxy) is 1. The van der Waals surface area contributed by atoms with E-state index in [2.05, 4.69) is 17.4 Å². The van der Waals surface area contributed by atoms with Crippen LogP contribution in [0.4, 0.5) is 5.69 Å². The van der Waals surface area contributed by atoms with Gasteiger partial charge in [0, 0.05) is 5.69 Å². The molecule has 1 N–H and O–H groups in total. The van der Waals surface area contributed by atoms with E-state index in [4.69, 9.17) is 9.26 Å². The molecule has 1 heterocycles. The Morgan fingerprint density at radius 3 is 2.45 bits per heavy atom. The molecule has 0 fully saturated rings. The zero-order valence-corrected chi connectivity index (χ0v) is 18.3. The second kappa shape index (κ2) is 8.64. The Labute approximate surface area is 182 Å². The van der Waals surface area contributed by atoms with Gasteiger partial charge < -0.3 is 14.6 Å². The molecule has 1 aromatic heterocycles. The van der Waals surface area contributed by atoms with Gasteiger partial charge in [-0.2, -0.15) is 0 Å². The van der Waals surface area contributed by atoms with Gasteiger partial charge in [0.1, 0.15) is 18.1 Å². The molecule has 4 aromatic rings. The summed E-state index contributed by atoms with van der Waals surface area (Å²) in [4.78, 5) is 13.4. The summed E-state index contributed by atoms with van der Waals surface area (Å²) in [7, 11) is 0. The van der Waals surface area contributed by atoms with Crippen LogP contribution in [-0.2, 0) is 13.0 Å². The molecule has 158 valence electrons. The number of hydrogen-bond acceptors (Lipinski definition) is 4. The van der Waals surface area contributed by atoms with Gasteiger partial charge in [0.25, 0.3) is 5.91 Å². The average molecular weight is 415 g/mol. The first-order valence-corrected chi connectivity index (χ1v) is 10.4. The number of hydrogen-bond donors (Lipinski definition) is 1. The standard InChI is InChI=1S/C26H26N2O3/c1-5-19-12-8-9-16(2)25(19)27-26(29)22-13-20-10-6-7-11-21(20)14-24(22)30-15-23-17(3)28-31-18(23)4/h6-14H,5,15H2,1-4H3,(H,27,29). The van der Waals surface area contributed by atoms with Gasteiger partial charge in [-0.3, -0.25) is 4.79 Å². The largest absolute Gasteiger partial charge is 0.488 e. The van der Waals surface area contributed by atoms with Crippen LogP contribution >= 0.6 is 0 Å². The summed E-state index contributed by atoms with van der Waals surface area (Å²) >= 11 is 0. The smallest absolute Gasteiger partial charge is 0.259 e. The Bertz CT molecular complexity index is 1240. The predicted molar refractivity (Wildman–Crippen MR) is 123 cm³/mol. The van der Waals surface area contributed by atoms with Crippen LogP contribution in [0.25, 0.3) is 10.8 Å². The van der Waals surface area contributed by atoms with E-state index in [1.54, 1.807) is 0 Å². The van der Waals surface area contributed by atoms with Crippen LogP contribution in [0.2, 0.25) is 0 Å². The van der Waals surface area contributed by atoms with Crippen LogP contribution in [0.1, 0.15) is 45.4 Å². The van der Waals surface area contributed by atoms with Crippen molar-refractivity contribution in [3.8, 4) is 5.75 Å². The molecule has 31 heavy (non-hydrogen) atoms. The van der Waals surface area contributed by atoms with Crippen LogP contribution in [0.15, 0.2) is 59.1 Å². The number of para-hydroxylation sites is 1. The average Bonchev–Trinajstić information content (AvgIpc) is 3.10. The normalized spacial score (nSPS) is 11.0. The highest BCUT2D eigenvalue weighted by Crippen LogP contribution is 2.30. The van der Waals surface area contributed by atoms with Crippen LogP contribution in [0.5, 0.6) is 5.75 Å². The van der Waals surface area contributed by atoms with Crippen molar-refractivity contribution in [2.45, 2.75) is 40.7 Å². The lowest BCUT2D eigenvalue weighted by atomic mass is 10.0. The van der Waals surface area contributed by atoms with Crippen LogP contribution < -0.4 is 10.1 Å². The van der Waals surface area contributed by atoms with E-state index in [0.29, 0.717) is 11.3 Å². The van der Waals surface area contributed by atoms with E-state index in [-0.39, 0.29) is 12.5 Å². The predicted octanol–water partition coefficient (Wildman–Crippen LogP) is 6.15. The van der Waals surface area contributed by atoms with Crippen LogP contribution in [0.3, 0.4) is 0 Å². The van der Waals surface area contributed by atoms with Gasteiger partial charge in [-0.15, -0.1) is 0 Å². The number of amides is 1. The third kappa shape index (κ3) is 4.17. The maximum Gasteiger partial charge on any atom is 0.259 e. The molecule has 5 heteroatoms. The topological polar surface area (TPSA) is 64.4 Å². The van der Waals surface area contributed by atoms with Gasteiger partial charge in [-0.05, 0) is 61.2 Å². The molecule has 3 aromatic carbocycles. The Kier molecular flexibility index (Phi) is 5.76. The molecule has 0 aliphatic heterocycles. The van der Waals surface area contributed by atoms with Crippen LogP contribution in [-0.4, -0.2) is 11.1 Å². The monoisotopic (exact) mass is 414 g/mol. The third-order valence-corrected chi connectivity index (χ3v) is 5.62. The minimum atomic E-state index is -0.191. The maximum absolute atomic E-state index is 13.4. The molecular formula is C26H26N2O3. The SMILES string of the molecule is CCc1cccc(C)c1NC(=O)c1cc2ccccc2cc1OCc1c(C)noc1C. The van der Waals surface area contributed by atoms with E-state index in [9.17, 15) is 4.79 Å². The Morgan fingerprint density at radius 2 is 1.77 bits per heavy atom. The zero-order valence-electron chi connectivity index (χ0n) is 18.3. The van der Waals surface area contributed by atoms with Gasteiger partial charge in [0.15, 0.2) is 0 Å². The first kappa shape index (κ1) is 20.7. The van der Waals surface area contributed by atoms with E-state index in [0.717, 1.165) is 51.0 Å². The second-order valence-corrected chi connectivity index (χ2v) is 7.70. The van der Waals surface area contributed by atoms with Gasteiger partial charge in [-0.1, -0.05) is 54.5 Å². The van der Waals surface area contributed by atoms with Gasteiger partial charge >= 0.3 is 0 Å². The summed E-state index contributed by atoms with van der Waals surface area (Å²) < 4.78 is 11.4. The fourth-order valence-electron chi connectivity index (χ4n) is 3.76. The van der Waals surface area contributed by atoms with Crippen LogP contribution in [0, 0.1) is 20.8 Å². The summed E-state index contributed by atoms with van der Waals surface area (Å²) in [5, 5.41) is 9.10. The molecule has 0 saturated carbocycles. The molecule has 0 spiro atoms. The molecule has 0 bridgehead atoms. The molecular weight excluding hydrogens is 388 g/mol. The number of nitrogens with zero attached hydrogens (tertiary/aromatic N) is 1. The van der Waals surface area contributed by atoms with Crippen molar-refractivity contribution >= 4 is 22.4 Å². The fourth-order valence-corrected chi connectivity index (χ4v) is 3.76. The second-order valence-electron chi connectivity index (χ2n) is 7.70. The van der Waals surface area contributed by atoms with Gasteiger partial charge in [-0.25, -0.2) is 0 Å². The Balaban J connectivity index is 1.72. The first-order valence-electron chi connectivity index (χ1n) is 10.4. The number of rotatable bonds is 6. The van der Waals surface area contributed by atoms with Gasteiger partial charge in [0.05, 0.1) is 16.8 Å². The van der Waals surface area contributed by atoms with Crippen molar-refractivity contribution in [1.82, 2.24) is 5.16 Å². The highest BCUT2D eigenvalue weighted by Gasteiger charge is 2.18. The summed E-state index contributed by atoms with van der Waals surface area (Å²) in [6.45, 7) is 8.11. The number of aromatic nitrogens is 1. The molecule has 4 rings (SSSR count). The minimum absolute atomic E-state index is 0.191. The molecule has 0 aliphatic rings. The molecule has 0 atom stereocenters. The van der Waals surface area contributed by atoms with Crippen molar-refractivity contribution in [2.75, 3.05) is 5.32 Å². The summed E-state index contributed by atoms with van der Waals surface area (Å²) in [5.41, 5.74) is 5.18. The lowest BCUT2D eigenvalue weighted by Gasteiger charge is -2.16. The quantitative estimate of drug-likeness (QED) is 0.411. The molecule has 5 nitrogen and oxygen atoms in total. The number of carbonyl (C=O) groups excluding carboxylic acids is 1. The minimum Gasteiger partial charge on any atom is -0.488 e. The molecule has 0 aliphatic carbocycles. The fraction of sp³-hybridized carbons (Fsp3) is 0.231. The zero-order chi connectivity index (χ0) is 22.0. The molecule has 1 amide bonds. The van der Waals surface area contributed by atoms with Crippen molar-refractivity contribution < 1.29 is 14.1 Å². The lowest BCUT2D eigenvalue weighted by Crippen LogP contribution is -2.16. The number of anilines is 1. The van der Waals surface area contributed by atoms with Gasteiger partial charge in [0.2, 0.25) is 0 Å². The lowest BCUT2D eigenvalue weighted by molar-refractivity contribution is 0.102. The Hall–Kier alpha value is -3.60. The van der Waals surface area contributed by atoms with E-state index in [1.807, 2.05) is 75.4 Å². The number of nitrogens with one attached hydrogen (secondary N) is 1. The molecule has 0 radical (unpaired) electrons. The molecule has 0 saturated heterocycles. The number of aryl methyl sites for hydroxylation is 4. The number of fused-ring (bicyclic) bond motifs is 1. The maximum atomic E-state index is 13.4. The third-order valence-electron chi connectivity index (χ3n) is 5.62. The highest BCUT2D eigenvalue weighted by atomic mass is 16.5. The van der Waals surface area contributed by atoms with E-state index in [1.165, 1.54) is 0 Å². The van der Waals surface area contributed by atoms with E-state index >= 15 is 0 Å². The summed E-state index contributed by atoms with van der Waals surface area (Å²) in [6, 6.07) is 17.8. The van der Waals surface area contributed by atoms with Crippen molar-refractivity contribution in [2.24, 2.45) is 0 Å². The number of carbonyl (C=O) groups is 1. The Morgan fingerprint density at radius 1 is 1.03 bits per heavy atom. The summed E-state index contributed by atoms with van der Waals surface area (Å²) in [6.07, 6.45) is 0.838. The van der Waals surface area contributed by atoms with Crippen molar-refractivity contribution in [1.29, 1.82) is 0 Å². The van der Waals surface area contributed by atoms with Crippen molar-refractivity contribution in [3.63, 3.8) is 0 Å². The van der Waals surface area contributed by atoms with Crippen molar-refractivity contribution in [3.05, 3.63) is 88.3 Å². The summed E-state index contributed by atoms with van der Waals surface area (Å²) in [5.74, 6) is 1.06. The molecule has 0 unspecified atom stereocenters. The first-order chi connectivity index (χ1) is 15.0. The highest BCUT2D eigenvalue weighted by molar-refractivity contribution is 6.09. The van der Waals surface area contributed by atoms with E-state index < -0.39 is 0 Å².